The molecule has 0 unspecified atom stereocenters. The third-order valence-electron chi connectivity index (χ3n) is 2.66. The second kappa shape index (κ2) is 7.77. The summed E-state index contributed by atoms with van der Waals surface area (Å²) in [7, 11) is 1.37. The Balaban J connectivity index is 2.59. The SMILES string of the molecule is COc1ccc(C/C(=C/F)CNC(=O)OC(C)(C)C)cc1F. The Morgan fingerprint density at radius 3 is 2.55 bits per heavy atom. The zero-order chi connectivity index (χ0) is 16.8. The summed E-state index contributed by atoms with van der Waals surface area (Å²) in [6, 6.07) is 4.39. The maximum absolute atomic E-state index is 13.6. The topological polar surface area (TPSA) is 47.6 Å². The molecule has 0 radical (unpaired) electrons. The highest BCUT2D eigenvalue weighted by Crippen LogP contribution is 2.19. The minimum atomic E-state index is -0.632. The molecular weight excluding hydrogens is 292 g/mol. The number of carbonyl (C=O) groups is 1. The number of ether oxygens (including phenoxy) is 2. The fourth-order valence-electron chi connectivity index (χ4n) is 1.72. The first kappa shape index (κ1) is 17.9. The largest absolute Gasteiger partial charge is 0.494 e. The Kier molecular flexibility index (Phi) is 6.34. The number of amides is 1. The summed E-state index contributed by atoms with van der Waals surface area (Å²) in [6.45, 7) is 5.19. The van der Waals surface area contributed by atoms with Gasteiger partial charge in [-0.25, -0.2) is 13.6 Å². The predicted octanol–water partition coefficient (Wildman–Crippen LogP) is 3.75. The van der Waals surface area contributed by atoms with Crippen molar-refractivity contribution in [3.8, 4) is 5.75 Å². The Hall–Kier alpha value is -2.11. The van der Waals surface area contributed by atoms with Gasteiger partial charge in [0.1, 0.15) is 5.60 Å². The van der Waals surface area contributed by atoms with Crippen LogP contribution >= 0.6 is 0 Å². The van der Waals surface area contributed by atoms with Gasteiger partial charge in [0.2, 0.25) is 0 Å². The van der Waals surface area contributed by atoms with Crippen LogP contribution in [0.15, 0.2) is 30.1 Å². The number of benzene rings is 1. The maximum atomic E-state index is 13.6. The van der Waals surface area contributed by atoms with Gasteiger partial charge in [0, 0.05) is 6.54 Å². The lowest BCUT2D eigenvalue weighted by Gasteiger charge is -2.20. The molecule has 0 aliphatic carbocycles. The molecule has 22 heavy (non-hydrogen) atoms. The summed E-state index contributed by atoms with van der Waals surface area (Å²) < 4.78 is 36.4. The first-order valence-electron chi connectivity index (χ1n) is 6.82. The van der Waals surface area contributed by atoms with E-state index in [1.54, 1.807) is 26.8 Å². The van der Waals surface area contributed by atoms with Crippen molar-refractivity contribution in [1.29, 1.82) is 0 Å². The van der Waals surface area contributed by atoms with Crippen molar-refractivity contribution in [1.82, 2.24) is 5.32 Å². The number of hydrogen-bond donors (Lipinski definition) is 1. The average Bonchev–Trinajstić information content (AvgIpc) is 2.41. The number of rotatable bonds is 5. The normalized spacial score (nSPS) is 12.0. The molecule has 0 fully saturated rings. The fourth-order valence-corrected chi connectivity index (χ4v) is 1.72. The van der Waals surface area contributed by atoms with Crippen LogP contribution in [0.25, 0.3) is 0 Å². The van der Waals surface area contributed by atoms with Gasteiger partial charge in [0.15, 0.2) is 11.6 Å². The molecule has 0 aromatic heterocycles. The van der Waals surface area contributed by atoms with Crippen LogP contribution in [0.1, 0.15) is 26.3 Å². The molecule has 0 heterocycles. The van der Waals surface area contributed by atoms with E-state index in [2.05, 4.69) is 5.32 Å². The van der Waals surface area contributed by atoms with Crippen molar-refractivity contribution in [2.24, 2.45) is 0 Å². The highest BCUT2D eigenvalue weighted by molar-refractivity contribution is 5.68. The lowest BCUT2D eigenvalue weighted by molar-refractivity contribution is 0.0532. The lowest BCUT2D eigenvalue weighted by atomic mass is 10.1. The first-order valence-corrected chi connectivity index (χ1v) is 6.82. The smallest absolute Gasteiger partial charge is 0.407 e. The highest BCUT2D eigenvalue weighted by atomic mass is 19.1. The number of alkyl carbamates (subject to hydrolysis) is 1. The van der Waals surface area contributed by atoms with Gasteiger partial charge in [-0.1, -0.05) is 6.07 Å². The monoisotopic (exact) mass is 313 g/mol. The van der Waals surface area contributed by atoms with Crippen LogP contribution in [0.2, 0.25) is 0 Å². The van der Waals surface area contributed by atoms with E-state index in [4.69, 9.17) is 9.47 Å². The van der Waals surface area contributed by atoms with Gasteiger partial charge in [-0.3, -0.25) is 0 Å². The number of carbonyl (C=O) groups excluding carboxylic acids is 1. The standard InChI is InChI=1S/C16H21F2NO3/c1-16(2,3)22-15(20)19-10-12(9-17)7-11-5-6-14(21-4)13(18)8-11/h5-6,8-9H,7,10H2,1-4H3,(H,19,20)/b12-9-. The molecule has 1 aromatic rings. The summed E-state index contributed by atoms with van der Waals surface area (Å²) in [5.41, 5.74) is 0.256. The molecular formula is C16H21F2NO3. The Morgan fingerprint density at radius 1 is 1.36 bits per heavy atom. The third kappa shape index (κ3) is 6.11. The lowest BCUT2D eigenvalue weighted by Crippen LogP contribution is -2.33. The molecule has 0 saturated carbocycles. The predicted molar refractivity (Wildman–Crippen MR) is 80.1 cm³/mol. The van der Waals surface area contributed by atoms with Gasteiger partial charge in [-0.2, -0.15) is 0 Å². The van der Waals surface area contributed by atoms with Crippen molar-refractivity contribution in [2.45, 2.75) is 32.8 Å². The number of nitrogens with one attached hydrogen (secondary N) is 1. The molecule has 0 spiro atoms. The Labute approximate surface area is 129 Å². The summed E-state index contributed by atoms with van der Waals surface area (Å²) in [5.74, 6) is -0.389. The van der Waals surface area contributed by atoms with E-state index in [1.807, 2.05) is 0 Å². The van der Waals surface area contributed by atoms with Crippen LogP contribution in [-0.2, 0) is 11.2 Å². The third-order valence-corrected chi connectivity index (χ3v) is 2.66. The van der Waals surface area contributed by atoms with Gasteiger partial charge in [0.25, 0.3) is 0 Å². The molecule has 0 saturated heterocycles. The number of methoxy groups -OCH3 is 1. The zero-order valence-electron chi connectivity index (χ0n) is 13.2. The van der Waals surface area contributed by atoms with Crippen molar-refractivity contribution in [3.63, 3.8) is 0 Å². The summed E-state index contributed by atoms with van der Waals surface area (Å²) in [4.78, 5) is 11.5. The molecule has 6 heteroatoms. The van der Waals surface area contributed by atoms with E-state index in [9.17, 15) is 13.6 Å². The average molecular weight is 313 g/mol. The van der Waals surface area contributed by atoms with Crippen LogP contribution in [0.5, 0.6) is 5.75 Å². The van der Waals surface area contributed by atoms with Gasteiger partial charge in [-0.05, 0) is 50.5 Å². The van der Waals surface area contributed by atoms with E-state index in [0.717, 1.165) is 0 Å². The van der Waals surface area contributed by atoms with Gasteiger partial charge >= 0.3 is 6.09 Å². The van der Waals surface area contributed by atoms with Crippen molar-refractivity contribution in [2.75, 3.05) is 13.7 Å². The molecule has 4 nitrogen and oxygen atoms in total. The quantitative estimate of drug-likeness (QED) is 0.900. The second-order valence-corrected chi connectivity index (χ2v) is 5.77. The number of halogens is 2. The summed E-state index contributed by atoms with van der Waals surface area (Å²) in [5, 5.41) is 2.46. The van der Waals surface area contributed by atoms with E-state index < -0.39 is 17.5 Å². The molecule has 0 aliphatic rings. The van der Waals surface area contributed by atoms with E-state index >= 15 is 0 Å². The first-order chi connectivity index (χ1) is 10.2. The maximum Gasteiger partial charge on any atom is 0.407 e. The van der Waals surface area contributed by atoms with Gasteiger partial charge < -0.3 is 14.8 Å². The molecule has 1 N–H and O–H groups in total. The van der Waals surface area contributed by atoms with E-state index in [-0.39, 0.29) is 18.7 Å². The molecule has 0 aliphatic heterocycles. The van der Waals surface area contributed by atoms with Gasteiger partial charge in [0.05, 0.1) is 13.4 Å². The molecule has 122 valence electrons. The van der Waals surface area contributed by atoms with Crippen molar-refractivity contribution < 1.29 is 23.0 Å². The minimum absolute atomic E-state index is 0.0148. The summed E-state index contributed by atoms with van der Waals surface area (Å²) >= 11 is 0. The Bertz CT molecular complexity index is 551. The van der Waals surface area contributed by atoms with Crippen LogP contribution in [0.3, 0.4) is 0 Å². The minimum Gasteiger partial charge on any atom is -0.494 e. The van der Waals surface area contributed by atoms with Crippen molar-refractivity contribution in [3.05, 3.63) is 41.5 Å². The van der Waals surface area contributed by atoms with Crippen LogP contribution in [0, 0.1) is 5.82 Å². The van der Waals surface area contributed by atoms with Gasteiger partial charge in [-0.15, -0.1) is 0 Å². The highest BCUT2D eigenvalue weighted by Gasteiger charge is 2.16. The second-order valence-electron chi connectivity index (χ2n) is 5.77. The zero-order valence-corrected chi connectivity index (χ0v) is 13.2. The van der Waals surface area contributed by atoms with E-state index in [1.165, 1.54) is 19.2 Å². The summed E-state index contributed by atoms with van der Waals surface area (Å²) in [6.07, 6.45) is -0.0556. The van der Waals surface area contributed by atoms with Crippen LogP contribution in [-0.4, -0.2) is 25.3 Å². The Morgan fingerprint density at radius 2 is 2.05 bits per heavy atom. The van der Waals surface area contributed by atoms with Crippen LogP contribution < -0.4 is 10.1 Å². The van der Waals surface area contributed by atoms with Crippen LogP contribution in [0.4, 0.5) is 13.6 Å². The molecule has 1 aromatic carbocycles. The fraction of sp³-hybridized carbons (Fsp3) is 0.438. The van der Waals surface area contributed by atoms with Crippen molar-refractivity contribution >= 4 is 6.09 Å². The molecule has 1 rings (SSSR count). The molecule has 1 amide bonds. The molecule has 0 atom stereocenters. The number of hydrogen-bond acceptors (Lipinski definition) is 3. The molecule has 0 bridgehead atoms. The van der Waals surface area contributed by atoms with E-state index in [0.29, 0.717) is 17.5 Å².